The number of carbonyl (C=O) groups excluding carboxylic acids is 1. The van der Waals surface area contributed by atoms with Crippen molar-refractivity contribution >= 4 is 5.97 Å². The summed E-state index contributed by atoms with van der Waals surface area (Å²) in [5, 5.41) is 8.72. The zero-order valence-corrected chi connectivity index (χ0v) is 20.6. The topological polar surface area (TPSA) is 87.3 Å². The van der Waals surface area contributed by atoms with Crippen LogP contribution in [-0.2, 0) is 25.8 Å². The van der Waals surface area contributed by atoms with E-state index in [1.165, 1.54) is 38.5 Å². The van der Waals surface area contributed by atoms with E-state index in [9.17, 15) is 4.79 Å². The van der Waals surface area contributed by atoms with Gasteiger partial charge < -0.3 is 20.1 Å². The number of unbranched alkanes of at least 4 members (excludes halogenated alkanes) is 8. The van der Waals surface area contributed by atoms with Crippen molar-refractivity contribution in [3.63, 3.8) is 0 Å². The Balaban J connectivity index is 0. The Kier molecular flexibility index (Phi) is 17.8. The van der Waals surface area contributed by atoms with Gasteiger partial charge in [0.2, 0.25) is 0 Å². The van der Waals surface area contributed by atoms with Gasteiger partial charge in [-0.25, -0.2) is 4.79 Å². The minimum absolute atomic E-state index is 0. The average Bonchev–Trinajstić information content (AvgIpc) is 2.58. The van der Waals surface area contributed by atoms with Gasteiger partial charge in [0.05, 0.1) is 12.2 Å². The van der Waals surface area contributed by atoms with Crippen LogP contribution in [0.5, 0.6) is 5.75 Å². The van der Waals surface area contributed by atoms with Crippen LogP contribution in [0.1, 0.15) is 88.9 Å². The minimum Gasteiger partial charge on any atom is -0.494 e. The maximum atomic E-state index is 12.0. The van der Waals surface area contributed by atoms with Crippen LogP contribution in [0.15, 0.2) is 24.3 Å². The molecule has 0 heterocycles. The zero-order valence-electron chi connectivity index (χ0n) is 17.7. The Morgan fingerprint density at radius 2 is 1.32 bits per heavy atom. The van der Waals surface area contributed by atoms with Gasteiger partial charge >= 0.3 is 5.97 Å². The number of benzene rings is 1. The van der Waals surface area contributed by atoms with Crippen molar-refractivity contribution in [1.82, 2.24) is 0 Å². The van der Waals surface area contributed by atoms with Crippen LogP contribution >= 0.6 is 0 Å². The first-order valence-corrected chi connectivity index (χ1v) is 9.99. The minimum atomic E-state index is -0.480. The Labute approximate surface area is 184 Å². The number of esters is 1. The molecule has 1 rings (SSSR count). The van der Waals surface area contributed by atoms with E-state index in [1.54, 1.807) is 12.1 Å². The summed E-state index contributed by atoms with van der Waals surface area (Å²) in [6.45, 7) is 6.62. The summed E-state index contributed by atoms with van der Waals surface area (Å²) < 4.78 is 11.1. The van der Waals surface area contributed by atoms with Crippen molar-refractivity contribution in [2.45, 2.75) is 84.2 Å². The molecule has 3 N–H and O–H groups in total. The number of aliphatic hydroxyl groups is 1. The van der Waals surface area contributed by atoms with E-state index < -0.39 is 5.60 Å². The van der Waals surface area contributed by atoms with Crippen LogP contribution in [0.25, 0.3) is 0 Å². The number of ether oxygens (including phenoxy) is 2. The number of carbonyl (C=O) groups is 1. The van der Waals surface area contributed by atoms with Crippen LogP contribution in [0.3, 0.4) is 0 Å². The fourth-order valence-electron chi connectivity index (χ4n) is 2.67. The van der Waals surface area contributed by atoms with Crippen molar-refractivity contribution in [3.8, 4) is 5.75 Å². The number of hydrogen-bond acceptors (Lipinski definition) is 4. The summed E-state index contributed by atoms with van der Waals surface area (Å²) in [7, 11) is 0. The standard InChI is InChI=1S/C22H36O4.H2O.W/c1-22(2,3)26-21(24)19-13-15-20(16-14-19)25-18-12-10-8-6-4-5-7-9-11-17-23;;/h13-16,23H,4-12,17-18H2,1-3H3;1H2;. The molecule has 0 saturated carbocycles. The van der Waals surface area contributed by atoms with Gasteiger partial charge in [0.25, 0.3) is 0 Å². The van der Waals surface area contributed by atoms with Crippen molar-refractivity contribution in [2.24, 2.45) is 0 Å². The average molecular weight is 566 g/mol. The van der Waals surface area contributed by atoms with Gasteiger partial charge in [-0.1, -0.05) is 44.9 Å². The molecule has 0 aliphatic carbocycles. The Hall–Kier alpha value is -0.902. The first-order chi connectivity index (χ1) is 12.4. The van der Waals surface area contributed by atoms with E-state index in [2.05, 4.69) is 0 Å². The third kappa shape index (κ3) is 15.1. The number of hydrogen-bond donors (Lipinski definition) is 1. The van der Waals surface area contributed by atoms with Gasteiger partial charge in [-0.2, -0.15) is 0 Å². The molecule has 162 valence electrons. The van der Waals surface area contributed by atoms with E-state index in [4.69, 9.17) is 14.6 Å². The molecule has 0 aromatic heterocycles. The zero-order chi connectivity index (χ0) is 19.3. The Morgan fingerprint density at radius 1 is 0.857 bits per heavy atom. The normalized spacial score (nSPS) is 10.6. The predicted molar refractivity (Wildman–Crippen MR) is 109 cm³/mol. The number of rotatable bonds is 13. The largest absolute Gasteiger partial charge is 0.494 e. The summed E-state index contributed by atoms with van der Waals surface area (Å²) in [6.07, 6.45) is 10.7. The fraction of sp³-hybridized carbons (Fsp3) is 0.682. The molecular formula is C22H38O5W. The molecule has 0 saturated heterocycles. The third-order valence-corrected chi connectivity index (χ3v) is 4.06. The quantitative estimate of drug-likeness (QED) is 0.277. The summed E-state index contributed by atoms with van der Waals surface area (Å²) >= 11 is 0. The maximum Gasteiger partial charge on any atom is 0.338 e. The smallest absolute Gasteiger partial charge is 0.338 e. The number of aliphatic hydroxyl groups excluding tert-OH is 1. The molecule has 0 unspecified atom stereocenters. The van der Waals surface area contributed by atoms with Crippen LogP contribution in [0.4, 0.5) is 0 Å². The van der Waals surface area contributed by atoms with Gasteiger partial charge in [-0.3, -0.25) is 0 Å². The maximum absolute atomic E-state index is 12.0. The summed E-state index contributed by atoms with van der Waals surface area (Å²) in [5.41, 5.74) is 0.0670. The van der Waals surface area contributed by atoms with Crippen molar-refractivity contribution in [1.29, 1.82) is 0 Å². The van der Waals surface area contributed by atoms with Gasteiger partial charge in [0.15, 0.2) is 0 Å². The molecule has 0 aliphatic rings. The van der Waals surface area contributed by atoms with E-state index in [-0.39, 0.29) is 32.5 Å². The van der Waals surface area contributed by atoms with Crippen molar-refractivity contribution < 1.29 is 45.9 Å². The van der Waals surface area contributed by atoms with Gasteiger partial charge in [-0.15, -0.1) is 0 Å². The SMILES string of the molecule is CC(C)(C)OC(=O)c1ccc(OCCCCCCCCCCCO)cc1.O.[W]. The van der Waals surface area contributed by atoms with Gasteiger partial charge in [0, 0.05) is 27.7 Å². The monoisotopic (exact) mass is 566 g/mol. The van der Waals surface area contributed by atoms with Crippen LogP contribution in [0, 0.1) is 0 Å². The molecule has 0 amide bonds. The molecule has 1 aromatic carbocycles. The molecule has 0 bridgehead atoms. The fourth-order valence-corrected chi connectivity index (χ4v) is 2.67. The first-order valence-electron chi connectivity index (χ1n) is 9.99. The summed E-state index contributed by atoms with van der Waals surface area (Å²) in [4.78, 5) is 12.0. The molecule has 1 aromatic rings. The van der Waals surface area contributed by atoms with Crippen LogP contribution < -0.4 is 4.74 Å². The molecule has 5 nitrogen and oxygen atoms in total. The first kappa shape index (κ1) is 29.3. The second-order valence-electron chi connectivity index (χ2n) is 7.78. The summed E-state index contributed by atoms with van der Waals surface area (Å²) in [6, 6.07) is 7.15. The van der Waals surface area contributed by atoms with Gasteiger partial charge in [0.1, 0.15) is 11.4 Å². The second kappa shape index (κ2) is 17.0. The summed E-state index contributed by atoms with van der Waals surface area (Å²) in [5.74, 6) is 0.488. The molecule has 0 aliphatic heterocycles. The van der Waals surface area contributed by atoms with E-state index in [1.807, 2.05) is 32.9 Å². The van der Waals surface area contributed by atoms with Crippen molar-refractivity contribution in [2.75, 3.05) is 13.2 Å². The predicted octanol–water partition coefficient (Wildman–Crippen LogP) is 4.70. The Morgan fingerprint density at radius 3 is 1.79 bits per heavy atom. The molecule has 0 fully saturated rings. The molecule has 0 atom stereocenters. The molecular weight excluding hydrogens is 528 g/mol. The second-order valence-corrected chi connectivity index (χ2v) is 7.78. The Bertz CT molecular complexity index is 497. The van der Waals surface area contributed by atoms with Crippen molar-refractivity contribution in [3.05, 3.63) is 29.8 Å². The molecule has 0 radical (unpaired) electrons. The van der Waals surface area contributed by atoms with E-state index in [0.717, 1.165) is 25.0 Å². The third-order valence-electron chi connectivity index (χ3n) is 4.06. The van der Waals surface area contributed by atoms with Crippen LogP contribution in [0.2, 0.25) is 0 Å². The van der Waals surface area contributed by atoms with Gasteiger partial charge in [-0.05, 0) is 57.9 Å². The molecule has 28 heavy (non-hydrogen) atoms. The molecule has 6 heteroatoms. The van der Waals surface area contributed by atoms with E-state index >= 15 is 0 Å². The van der Waals surface area contributed by atoms with E-state index in [0.29, 0.717) is 18.8 Å². The molecule has 0 spiro atoms. The van der Waals surface area contributed by atoms with Crippen LogP contribution in [-0.4, -0.2) is 35.4 Å².